The maximum absolute atomic E-state index is 13.3. The molecule has 186 valence electrons. The number of hydrogen-bond donors (Lipinski definition) is 2. The van der Waals surface area contributed by atoms with E-state index in [1.54, 1.807) is 12.1 Å². The van der Waals surface area contributed by atoms with Crippen molar-refractivity contribution in [3.05, 3.63) is 115 Å². The third-order valence-corrected chi connectivity index (χ3v) is 6.84. The van der Waals surface area contributed by atoms with E-state index < -0.39 is 0 Å². The van der Waals surface area contributed by atoms with Crippen LogP contribution in [0.2, 0.25) is 0 Å². The number of nitrogens with one attached hydrogen (secondary N) is 2. The van der Waals surface area contributed by atoms with Crippen molar-refractivity contribution in [1.29, 1.82) is 0 Å². The molecule has 0 spiro atoms. The Bertz CT molecular complexity index is 1440. The number of nitrogens with zero attached hydrogens (tertiary/aromatic N) is 1. The second kappa shape index (κ2) is 11.6. The van der Waals surface area contributed by atoms with Gasteiger partial charge in [-0.1, -0.05) is 72.8 Å². The standard InChI is InChI=1S/C32H31N3O2/c36-31(24-12-3-1-4-13-24)33-22-11-14-25(32(37)34-26-15-5-2-6-16-26)21-23-35-29-19-9-7-17-27(29)28-18-8-10-20-30(28)35/h1-10,12-13,15-20,25H,11,14,21-23H2,(H,33,36)(H,34,37). The molecular formula is C32H31N3O2. The van der Waals surface area contributed by atoms with Crippen molar-refractivity contribution < 1.29 is 9.59 Å². The van der Waals surface area contributed by atoms with Crippen LogP contribution in [0.4, 0.5) is 5.69 Å². The summed E-state index contributed by atoms with van der Waals surface area (Å²) < 4.78 is 2.32. The Kier molecular flexibility index (Phi) is 7.60. The Hall–Kier alpha value is -4.38. The molecule has 1 aromatic heterocycles. The summed E-state index contributed by atoms with van der Waals surface area (Å²) in [6.07, 6.45) is 2.11. The highest BCUT2D eigenvalue weighted by atomic mass is 16.2. The van der Waals surface area contributed by atoms with Crippen molar-refractivity contribution in [2.75, 3.05) is 11.9 Å². The molecule has 0 fully saturated rings. The summed E-state index contributed by atoms with van der Waals surface area (Å²) in [5, 5.41) is 8.53. The lowest BCUT2D eigenvalue weighted by atomic mass is 9.97. The molecule has 0 aliphatic heterocycles. The van der Waals surface area contributed by atoms with E-state index in [1.165, 1.54) is 21.8 Å². The molecule has 0 radical (unpaired) electrons. The van der Waals surface area contributed by atoms with Gasteiger partial charge in [0.15, 0.2) is 0 Å². The van der Waals surface area contributed by atoms with Crippen molar-refractivity contribution in [3.8, 4) is 0 Å². The van der Waals surface area contributed by atoms with Gasteiger partial charge in [-0.05, 0) is 55.7 Å². The van der Waals surface area contributed by atoms with Gasteiger partial charge in [0.25, 0.3) is 5.91 Å². The minimum atomic E-state index is -0.186. The van der Waals surface area contributed by atoms with Gasteiger partial charge in [-0.25, -0.2) is 0 Å². The monoisotopic (exact) mass is 489 g/mol. The van der Waals surface area contributed by atoms with Gasteiger partial charge in [-0.2, -0.15) is 0 Å². The number of anilines is 1. The molecule has 0 aliphatic rings. The highest BCUT2D eigenvalue weighted by molar-refractivity contribution is 6.08. The average molecular weight is 490 g/mol. The summed E-state index contributed by atoms with van der Waals surface area (Å²) in [5.74, 6) is -0.258. The minimum absolute atomic E-state index is 0.0151. The van der Waals surface area contributed by atoms with Crippen LogP contribution in [-0.4, -0.2) is 22.9 Å². The van der Waals surface area contributed by atoms with Crippen molar-refractivity contribution in [1.82, 2.24) is 9.88 Å². The highest BCUT2D eigenvalue weighted by Crippen LogP contribution is 2.30. The van der Waals surface area contributed by atoms with Crippen LogP contribution in [0.15, 0.2) is 109 Å². The molecule has 4 aromatic carbocycles. The number of amides is 2. The van der Waals surface area contributed by atoms with Crippen LogP contribution < -0.4 is 10.6 Å². The maximum atomic E-state index is 13.3. The van der Waals surface area contributed by atoms with Gasteiger partial charge in [0.1, 0.15) is 0 Å². The number of benzene rings is 4. The normalized spacial score (nSPS) is 11.9. The minimum Gasteiger partial charge on any atom is -0.352 e. The topological polar surface area (TPSA) is 63.1 Å². The highest BCUT2D eigenvalue weighted by Gasteiger charge is 2.20. The van der Waals surface area contributed by atoms with Crippen LogP contribution in [0.1, 0.15) is 29.6 Å². The zero-order chi connectivity index (χ0) is 25.5. The number of para-hydroxylation sites is 3. The fraction of sp³-hybridized carbons (Fsp3) is 0.188. The first-order chi connectivity index (χ1) is 18.2. The first-order valence-corrected chi connectivity index (χ1v) is 12.9. The molecule has 1 atom stereocenters. The Morgan fingerprint density at radius 3 is 1.89 bits per heavy atom. The van der Waals surface area contributed by atoms with Crippen LogP contribution in [0.5, 0.6) is 0 Å². The van der Waals surface area contributed by atoms with E-state index in [0.717, 1.165) is 18.7 Å². The lowest BCUT2D eigenvalue weighted by molar-refractivity contribution is -0.120. The molecule has 0 saturated carbocycles. The summed E-state index contributed by atoms with van der Waals surface area (Å²) in [6.45, 7) is 1.26. The SMILES string of the molecule is O=C(NCCCC(CCn1c2ccccc2c2ccccc21)C(=O)Nc1ccccc1)c1ccccc1. The summed E-state index contributed by atoms with van der Waals surface area (Å²) in [7, 11) is 0. The molecular weight excluding hydrogens is 458 g/mol. The zero-order valence-electron chi connectivity index (χ0n) is 20.8. The van der Waals surface area contributed by atoms with Gasteiger partial charge in [-0.15, -0.1) is 0 Å². The summed E-state index contributed by atoms with van der Waals surface area (Å²) >= 11 is 0. The van der Waals surface area contributed by atoms with E-state index in [4.69, 9.17) is 0 Å². The van der Waals surface area contributed by atoms with Crippen molar-refractivity contribution in [2.45, 2.75) is 25.8 Å². The van der Waals surface area contributed by atoms with Crippen molar-refractivity contribution in [2.24, 2.45) is 5.92 Å². The van der Waals surface area contributed by atoms with Crippen LogP contribution >= 0.6 is 0 Å². The number of aryl methyl sites for hydroxylation is 1. The molecule has 0 saturated heterocycles. The number of carbonyl (C=O) groups excluding carboxylic acids is 2. The van der Waals surface area contributed by atoms with E-state index in [0.29, 0.717) is 24.9 Å². The fourth-order valence-corrected chi connectivity index (χ4v) is 4.94. The second-order valence-corrected chi connectivity index (χ2v) is 9.29. The summed E-state index contributed by atoms with van der Waals surface area (Å²) in [6, 6.07) is 35.7. The van der Waals surface area contributed by atoms with Gasteiger partial charge in [0.05, 0.1) is 0 Å². The van der Waals surface area contributed by atoms with Crippen LogP contribution in [-0.2, 0) is 11.3 Å². The number of aromatic nitrogens is 1. The Labute approximate surface area is 217 Å². The predicted molar refractivity (Wildman–Crippen MR) is 151 cm³/mol. The van der Waals surface area contributed by atoms with Gasteiger partial charge in [0.2, 0.25) is 5.91 Å². The van der Waals surface area contributed by atoms with Crippen molar-refractivity contribution >= 4 is 39.3 Å². The molecule has 37 heavy (non-hydrogen) atoms. The molecule has 5 rings (SSSR count). The molecule has 0 aliphatic carbocycles. The van der Waals surface area contributed by atoms with E-state index in [-0.39, 0.29) is 17.7 Å². The molecule has 1 unspecified atom stereocenters. The zero-order valence-corrected chi connectivity index (χ0v) is 20.8. The van der Waals surface area contributed by atoms with Gasteiger partial charge in [0, 0.05) is 52.1 Å². The Balaban J connectivity index is 1.29. The molecule has 0 bridgehead atoms. The molecule has 2 N–H and O–H groups in total. The quantitative estimate of drug-likeness (QED) is 0.216. The predicted octanol–water partition coefficient (Wildman–Crippen LogP) is 6.65. The van der Waals surface area contributed by atoms with Gasteiger partial charge in [-0.3, -0.25) is 9.59 Å². The molecule has 5 aromatic rings. The number of hydrogen-bond acceptors (Lipinski definition) is 2. The lowest BCUT2D eigenvalue weighted by Crippen LogP contribution is -2.27. The summed E-state index contributed by atoms with van der Waals surface area (Å²) in [4.78, 5) is 25.7. The molecule has 1 heterocycles. The first-order valence-electron chi connectivity index (χ1n) is 12.9. The second-order valence-electron chi connectivity index (χ2n) is 9.29. The Morgan fingerprint density at radius 1 is 0.676 bits per heavy atom. The third-order valence-electron chi connectivity index (χ3n) is 6.84. The van der Waals surface area contributed by atoms with Crippen LogP contribution in [0, 0.1) is 5.92 Å². The Morgan fingerprint density at radius 2 is 1.24 bits per heavy atom. The summed E-state index contributed by atoms with van der Waals surface area (Å²) in [5.41, 5.74) is 3.81. The largest absolute Gasteiger partial charge is 0.352 e. The van der Waals surface area contributed by atoms with Gasteiger partial charge >= 0.3 is 0 Å². The average Bonchev–Trinajstić information content (AvgIpc) is 3.27. The van der Waals surface area contributed by atoms with E-state index >= 15 is 0 Å². The van der Waals surface area contributed by atoms with E-state index in [1.807, 2.05) is 48.5 Å². The molecule has 5 nitrogen and oxygen atoms in total. The maximum Gasteiger partial charge on any atom is 0.251 e. The first kappa shape index (κ1) is 24.3. The smallest absolute Gasteiger partial charge is 0.251 e. The van der Waals surface area contributed by atoms with E-state index in [9.17, 15) is 9.59 Å². The molecule has 5 heteroatoms. The number of fused-ring (bicyclic) bond motifs is 3. The molecule has 2 amide bonds. The van der Waals surface area contributed by atoms with Crippen LogP contribution in [0.3, 0.4) is 0 Å². The van der Waals surface area contributed by atoms with Gasteiger partial charge < -0.3 is 15.2 Å². The fourth-order valence-electron chi connectivity index (χ4n) is 4.94. The number of rotatable bonds is 10. The van der Waals surface area contributed by atoms with Crippen LogP contribution in [0.25, 0.3) is 21.8 Å². The third kappa shape index (κ3) is 5.72. The lowest BCUT2D eigenvalue weighted by Gasteiger charge is -2.18. The number of carbonyl (C=O) groups is 2. The van der Waals surface area contributed by atoms with E-state index in [2.05, 4.69) is 63.7 Å². The van der Waals surface area contributed by atoms with Crippen molar-refractivity contribution in [3.63, 3.8) is 0 Å².